The van der Waals surface area contributed by atoms with Gasteiger partial charge in [0, 0.05) is 59.6 Å². The molecular formula is C28H31N7O3. The Morgan fingerprint density at radius 3 is 2.63 bits per heavy atom. The zero-order valence-corrected chi connectivity index (χ0v) is 21.1. The van der Waals surface area contributed by atoms with Gasteiger partial charge in [0.15, 0.2) is 0 Å². The fraction of sp³-hybridized carbons (Fsp3) is 0.214. The zero-order valence-electron chi connectivity index (χ0n) is 21.1. The van der Waals surface area contributed by atoms with E-state index in [2.05, 4.69) is 25.9 Å². The molecule has 0 saturated heterocycles. The topological polar surface area (TPSA) is 158 Å². The van der Waals surface area contributed by atoms with Gasteiger partial charge >= 0.3 is 0 Å². The SMILES string of the molecule is COc1ccc2[nH]cc(C(NCc3ccc(C(=N)N)cc3)C(=O)NCC(=O)NCCc3ccccn3)c2c1. The van der Waals surface area contributed by atoms with Crippen molar-refractivity contribution in [3.8, 4) is 5.75 Å². The Bertz CT molecular complexity index is 1400. The number of carbonyl (C=O) groups is 2. The molecule has 0 radical (unpaired) electrons. The molecule has 196 valence electrons. The van der Waals surface area contributed by atoms with Gasteiger partial charge in [0.05, 0.1) is 13.7 Å². The van der Waals surface area contributed by atoms with Crippen LogP contribution < -0.4 is 26.4 Å². The Morgan fingerprint density at radius 1 is 1.11 bits per heavy atom. The first-order chi connectivity index (χ1) is 18.4. The van der Waals surface area contributed by atoms with Crippen LogP contribution in [0.3, 0.4) is 0 Å². The monoisotopic (exact) mass is 513 g/mol. The van der Waals surface area contributed by atoms with E-state index >= 15 is 0 Å². The molecule has 7 N–H and O–H groups in total. The van der Waals surface area contributed by atoms with E-state index in [9.17, 15) is 9.59 Å². The van der Waals surface area contributed by atoms with Gasteiger partial charge in [0.2, 0.25) is 11.8 Å². The summed E-state index contributed by atoms with van der Waals surface area (Å²) in [5.41, 5.74) is 9.56. The number of nitrogens with one attached hydrogen (secondary N) is 5. The Labute approximate surface area is 220 Å². The van der Waals surface area contributed by atoms with Gasteiger partial charge in [0.1, 0.15) is 17.6 Å². The van der Waals surface area contributed by atoms with Crippen molar-refractivity contribution in [1.29, 1.82) is 5.41 Å². The predicted molar refractivity (Wildman–Crippen MR) is 146 cm³/mol. The molecule has 0 bridgehead atoms. The van der Waals surface area contributed by atoms with Crippen LogP contribution in [0.1, 0.15) is 28.4 Å². The van der Waals surface area contributed by atoms with Gasteiger partial charge < -0.3 is 26.1 Å². The van der Waals surface area contributed by atoms with Gasteiger partial charge in [-0.25, -0.2) is 0 Å². The summed E-state index contributed by atoms with van der Waals surface area (Å²) in [5, 5.41) is 17.3. The van der Waals surface area contributed by atoms with Gasteiger partial charge in [-0.15, -0.1) is 0 Å². The minimum absolute atomic E-state index is 0.00666. The highest BCUT2D eigenvalue weighted by Gasteiger charge is 2.24. The molecule has 2 heterocycles. The average molecular weight is 514 g/mol. The van der Waals surface area contributed by atoms with Crippen LogP contribution in [0.5, 0.6) is 5.75 Å². The largest absolute Gasteiger partial charge is 0.497 e. The number of H-pyrrole nitrogens is 1. The third-order valence-electron chi connectivity index (χ3n) is 6.12. The van der Waals surface area contributed by atoms with Crippen LogP contribution in [-0.4, -0.2) is 47.8 Å². The van der Waals surface area contributed by atoms with E-state index in [-0.39, 0.29) is 24.2 Å². The van der Waals surface area contributed by atoms with Gasteiger partial charge in [0.25, 0.3) is 0 Å². The summed E-state index contributed by atoms with van der Waals surface area (Å²) in [4.78, 5) is 33.2. The molecule has 0 aliphatic carbocycles. The Balaban J connectivity index is 1.44. The molecular weight excluding hydrogens is 482 g/mol. The van der Waals surface area contributed by atoms with Crippen molar-refractivity contribution in [2.24, 2.45) is 5.73 Å². The molecule has 0 fully saturated rings. The number of ether oxygens (including phenoxy) is 1. The maximum Gasteiger partial charge on any atom is 0.242 e. The first-order valence-electron chi connectivity index (χ1n) is 12.2. The number of pyridine rings is 1. The Morgan fingerprint density at radius 2 is 1.92 bits per heavy atom. The quantitative estimate of drug-likeness (QED) is 0.126. The van der Waals surface area contributed by atoms with E-state index in [1.807, 2.05) is 48.5 Å². The van der Waals surface area contributed by atoms with E-state index in [0.29, 0.717) is 30.8 Å². The van der Waals surface area contributed by atoms with E-state index in [1.165, 1.54) is 0 Å². The average Bonchev–Trinajstić information content (AvgIpc) is 3.35. The lowest BCUT2D eigenvalue weighted by molar-refractivity contribution is -0.127. The number of carbonyl (C=O) groups excluding carboxylic acids is 2. The van der Waals surface area contributed by atoms with Crippen molar-refractivity contribution in [2.45, 2.75) is 19.0 Å². The highest BCUT2D eigenvalue weighted by molar-refractivity contribution is 5.95. The second kappa shape index (κ2) is 12.5. The number of rotatable bonds is 12. The normalized spacial score (nSPS) is 11.6. The van der Waals surface area contributed by atoms with Crippen molar-refractivity contribution in [3.63, 3.8) is 0 Å². The summed E-state index contributed by atoms with van der Waals surface area (Å²) in [6.45, 7) is 0.646. The van der Waals surface area contributed by atoms with Crippen molar-refractivity contribution in [3.05, 3.63) is 95.4 Å². The summed E-state index contributed by atoms with van der Waals surface area (Å²) in [7, 11) is 1.59. The van der Waals surface area contributed by atoms with Crippen molar-refractivity contribution in [1.82, 2.24) is 25.9 Å². The third-order valence-corrected chi connectivity index (χ3v) is 6.12. The number of aromatic amines is 1. The number of benzene rings is 2. The van der Waals surface area contributed by atoms with E-state index in [4.69, 9.17) is 15.9 Å². The van der Waals surface area contributed by atoms with Crippen molar-refractivity contribution >= 4 is 28.6 Å². The molecule has 1 unspecified atom stereocenters. The maximum absolute atomic E-state index is 13.4. The zero-order chi connectivity index (χ0) is 26.9. The molecule has 2 aromatic heterocycles. The molecule has 1 atom stereocenters. The molecule has 0 aliphatic heterocycles. The van der Waals surface area contributed by atoms with Gasteiger partial charge in [-0.3, -0.25) is 25.3 Å². The van der Waals surface area contributed by atoms with Gasteiger partial charge in [-0.2, -0.15) is 0 Å². The molecule has 0 aliphatic rings. The van der Waals surface area contributed by atoms with Crippen molar-refractivity contribution < 1.29 is 14.3 Å². The summed E-state index contributed by atoms with van der Waals surface area (Å²) in [6, 6.07) is 17.7. The van der Waals surface area contributed by atoms with Crippen LogP contribution in [-0.2, 0) is 22.6 Å². The van der Waals surface area contributed by atoms with Crippen LogP contribution in [0.2, 0.25) is 0 Å². The lowest BCUT2D eigenvalue weighted by Crippen LogP contribution is -2.42. The van der Waals surface area contributed by atoms with E-state index in [0.717, 1.165) is 27.7 Å². The van der Waals surface area contributed by atoms with E-state index in [1.54, 1.807) is 31.6 Å². The smallest absolute Gasteiger partial charge is 0.242 e. The second-order valence-electron chi connectivity index (χ2n) is 8.72. The van der Waals surface area contributed by atoms with Gasteiger partial charge in [-0.1, -0.05) is 30.3 Å². The number of nitrogen functional groups attached to an aromatic ring is 1. The minimum atomic E-state index is -0.746. The van der Waals surface area contributed by atoms with Gasteiger partial charge in [-0.05, 0) is 35.9 Å². The van der Waals surface area contributed by atoms with Crippen LogP contribution in [0.25, 0.3) is 10.9 Å². The molecule has 0 spiro atoms. The third kappa shape index (κ3) is 6.74. The Kier molecular flexibility index (Phi) is 8.68. The van der Waals surface area contributed by atoms with Crippen LogP contribution in [0.4, 0.5) is 0 Å². The minimum Gasteiger partial charge on any atom is -0.497 e. The molecule has 10 nitrogen and oxygen atoms in total. The Hall–Kier alpha value is -4.70. The lowest BCUT2D eigenvalue weighted by Gasteiger charge is -2.19. The molecule has 4 rings (SSSR count). The summed E-state index contributed by atoms with van der Waals surface area (Å²) < 4.78 is 5.38. The standard InChI is InChI=1S/C28H31N7O3/c1-38-21-9-10-24-22(14-21)23(16-33-24)26(34-15-18-5-7-19(8-6-18)27(29)30)28(37)35-17-25(36)32-13-11-20-4-2-3-12-31-20/h2-10,12,14,16,26,33-34H,11,13,15,17H2,1H3,(H3,29,30)(H,32,36)(H,35,37). The fourth-order valence-corrected chi connectivity index (χ4v) is 4.06. The van der Waals surface area contributed by atoms with Crippen LogP contribution in [0, 0.1) is 5.41 Å². The van der Waals surface area contributed by atoms with Crippen LogP contribution >= 0.6 is 0 Å². The number of methoxy groups -OCH3 is 1. The number of hydrogen-bond donors (Lipinski definition) is 6. The number of fused-ring (bicyclic) bond motifs is 1. The first kappa shape index (κ1) is 26.4. The fourth-order valence-electron chi connectivity index (χ4n) is 4.06. The highest BCUT2D eigenvalue weighted by atomic mass is 16.5. The summed E-state index contributed by atoms with van der Waals surface area (Å²) in [6.07, 6.45) is 4.10. The molecule has 2 aromatic carbocycles. The molecule has 2 amide bonds. The molecule has 4 aromatic rings. The number of nitrogens with two attached hydrogens (primary N) is 1. The predicted octanol–water partition coefficient (Wildman–Crippen LogP) is 2.16. The molecule has 38 heavy (non-hydrogen) atoms. The number of hydrogen-bond acceptors (Lipinski definition) is 6. The second-order valence-corrected chi connectivity index (χ2v) is 8.72. The highest BCUT2D eigenvalue weighted by Crippen LogP contribution is 2.28. The summed E-state index contributed by atoms with van der Waals surface area (Å²) in [5.74, 6) is 0.0415. The molecule has 0 saturated carbocycles. The number of amidine groups is 1. The first-order valence-corrected chi connectivity index (χ1v) is 12.2. The summed E-state index contributed by atoms with van der Waals surface area (Å²) >= 11 is 0. The van der Waals surface area contributed by atoms with E-state index < -0.39 is 6.04 Å². The van der Waals surface area contributed by atoms with Crippen LogP contribution in [0.15, 0.2) is 73.1 Å². The number of amides is 2. The lowest BCUT2D eigenvalue weighted by atomic mass is 10.0. The number of nitrogens with zero attached hydrogens (tertiary/aromatic N) is 1. The van der Waals surface area contributed by atoms with Crippen molar-refractivity contribution in [2.75, 3.05) is 20.2 Å². The maximum atomic E-state index is 13.4. The molecule has 10 heteroatoms. The number of aromatic nitrogens is 2.